The normalized spacial score (nSPS) is 18.9. The topological polar surface area (TPSA) is 120 Å². The van der Waals surface area contributed by atoms with Crippen LogP contribution in [0.1, 0.15) is 25.1 Å². The molecule has 4 heterocycles. The van der Waals surface area contributed by atoms with Crippen LogP contribution in [-0.2, 0) is 11.0 Å². The van der Waals surface area contributed by atoms with Crippen molar-refractivity contribution in [2.75, 3.05) is 44.7 Å². The predicted molar refractivity (Wildman–Crippen MR) is 170 cm³/mol. The van der Waals surface area contributed by atoms with Gasteiger partial charge in [0.2, 0.25) is 11.7 Å². The number of nitriles is 1. The average molecular weight is 667 g/mol. The van der Waals surface area contributed by atoms with Crippen LogP contribution in [0.5, 0.6) is 6.01 Å². The van der Waals surface area contributed by atoms with Crippen LogP contribution in [0, 0.1) is 11.3 Å². The summed E-state index contributed by atoms with van der Waals surface area (Å²) >= 11 is 6.47. The van der Waals surface area contributed by atoms with Crippen molar-refractivity contribution in [2.24, 2.45) is 0 Å². The maximum absolute atomic E-state index is 14.8. The molecule has 0 spiro atoms. The van der Waals surface area contributed by atoms with Crippen LogP contribution >= 0.6 is 11.6 Å². The molecule has 2 aliphatic rings. The molecular formula is C32H30ClF3N8O3. The minimum atomic E-state index is -5.07. The Balaban J connectivity index is 1.57. The zero-order valence-corrected chi connectivity index (χ0v) is 26.1. The number of halogens is 4. The highest BCUT2D eigenvalue weighted by Crippen LogP contribution is 2.36. The number of carbonyl (C=O) groups excluding carboxylic acids is 1. The summed E-state index contributed by atoms with van der Waals surface area (Å²) in [6.07, 6.45) is -2.13. The Morgan fingerprint density at radius 3 is 2.57 bits per heavy atom. The summed E-state index contributed by atoms with van der Waals surface area (Å²) in [5.41, 5.74) is -1.96. The largest absolute Gasteiger partial charge is 0.462 e. The number of likely N-dealkylation sites (N-methyl/N-ethyl adjacent to an activating group) is 1. The molecule has 47 heavy (non-hydrogen) atoms. The lowest BCUT2D eigenvalue weighted by Crippen LogP contribution is -2.55. The molecule has 2 saturated heterocycles. The number of aromatic nitrogens is 4. The monoisotopic (exact) mass is 666 g/mol. The average Bonchev–Trinajstić information content (AvgIpc) is 3.47. The molecular weight excluding hydrogens is 637 g/mol. The van der Waals surface area contributed by atoms with Crippen molar-refractivity contribution in [3.05, 3.63) is 70.3 Å². The van der Waals surface area contributed by atoms with E-state index in [-0.39, 0.29) is 83.6 Å². The number of piperazine rings is 1. The summed E-state index contributed by atoms with van der Waals surface area (Å²) in [6.45, 7) is 4.90. The summed E-state index contributed by atoms with van der Waals surface area (Å²) in [5, 5.41) is 10.4. The number of hydrogen-bond donors (Lipinski definition) is 0. The van der Waals surface area contributed by atoms with Gasteiger partial charge in [-0.25, -0.2) is 4.98 Å². The zero-order chi connectivity index (χ0) is 33.5. The van der Waals surface area contributed by atoms with Gasteiger partial charge >= 0.3 is 12.2 Å². The molecule has 2 fully saturated rings. The van der Waals surface area contributed by atoms with Gasteiger partial charge in [0.25, 0.3) is 5.56 Å². The van der Waals surface area contributed by atoms with E-state index in [0.29, 0.717) is 9.95 Å². The lowest BCUT2D eigenvalue weighted by Gasteiger charge is -2.40. The fraction of sp³-hybridized carbons (Fsp3) is 0.375. The van der Waals surface area contributed by atoms with Crippen molar-refractivity contribution in [1.29, 1.82) is 5.26 Å². The van der Waals surface area contributed by atoms with Gasteiger partial charge in [0.15, 0.2) is 11.3 Å². The molecule has 0 N–H and O–H groups in total. The van der Waals surface area contributed by atoms with Gasteiger partial charge in [-0.1, -0.05) is 42.4 Å². The van der Waals surface area contributed by atoms with E-state index < -0.39 is 23.6 Å². The number of hydrogen-bond acceptors (Lipinski definition) is 9. The SMILES string of the molecule is C=CC(=O)N1CCN(c2nc(OCC3CCCN3C)nc3c(=O)n(-c4cccc5cccc(Cl)c45)c(C(F)(F)F)nc23)C[C@@H]1CC#N. The van der Waals surface area contributed by atoms with E-state index >= 15 is 0 Å². The van der Waals surface area contributed by atoms with Crippen molar-refractivity contribution in [3.63, 3.8) is 0 Å². The minimum absolute atomic E-state index is 0.0368. The first-order valence-electron chi connectivity index (χ1n) is 15.0. The molecule has 0 aliphatic carbocycles. The number of fused-ring (bicyclic) bond motifs is 2. The first kappa shape index (κ1) is 32.2. The highest BCUT2D eigenvalue weighted by Gasteiger charge is 2.40. The van der Waals surface area contributed by atoms with Crippen molar-refractivity contribution in [2.45, 2.75) is 37.5 Å². The number of ether oxygens (including phenoxy) is 1. The number of nitrogens with zero attached hydrogens (tertiary/aromatic N) is 8. The number of carbonyl (C=O) groups is 1. The number of rotatable bonds is 7. The molecule has 2 aromatic heterocycles. The molecule has 0 radical (unpaired) electrons. The van der Waals surface area contributed by atoms with E-state index in [0.717, 1.165) is 25.5 Å². The van der Waals surface area contributed by atoms with Crippen LogP contribution in [0.4, 0.5) is 19.0 Å². The third-order valence-corrected chi connectivity index (χ3v) is 8.96. The lowest BCUT2D eigenvalue weighted by atomic mass is 10.1. The number of amides is 1. The van der Waals surface area contributed by atoms with Crippen LogP contribution in [0.15, 0.2) is 53.8 Å². The summed E-state index contributed by atoms with van der Waals surface area (Å²) in [7, 11) is 1.96. The van der Waals surface area contributed by atoms with Gasteiger partial charge in [0.05, 0.1) is 29.2 Å². The van der Waals surface area contributed by atoms with Crippen molar-refractivity contribution in [1.82, 2.24) is 29.3 Å². The molecule has 2 aromatic carbocycles. The summed E-state index contributed by atoms with van der Waals surface area (Å²) in [4.78, 5) is 44.9. The van der Waals surface area contributed by atoms with E-state index in [9.17, 15) is 28.0 Å². The van der Waals surface area contributed by atoms with Gasteiger partial charge in [-0.2, -0.15) is 28.4 Å². The lowest BCUT2D eigenvalue weighted by molar-refractivity contribution is -0.146. The van der Waals surface area contributed by atoms with Gasteiger partial charge in [0.1, 0.15) is 12.1 Å². The van der Waals surface area contributed by atoms with Crippen LogP contribution in [0.2, 0.25) is 5.02 Å². The van der Waals surface area contributed by atoms with Crippen LogP contribution in [-0.4, -0.2) is 87.1 Å². The van der Waals surface area contributed by atoms with Crippen molar-refractivity contribution < 1.29 is 22.7 Å². The van der Waals surface area contributed by atoms with E-state index in [4.69, 9.17) is 16.3 Å². The molecule has 6 rings (SSSR count). The highest BCUT2D eigenvalue weighted by atomic mass is 35.5. The molecule has 1 amide bonds. The Kier molecular flexibility index (Phi) is 8.78. The number of likely N-dealkylation sites (tertiary alicyclic amines) is 1. The molecule has 11 nitrogen and oxygen atoms in total. The summed E-state index contributed by atoms with van der Waals surface area (Å²) in [6, 6.07) is 10.7. The standard InChI is InChI=1S/C32H30ClF3N8O3/c1-3-24(45)43-16-15-42(17-20(43)12-13-37)28-26-27(39-31(40-28)47-18-21-9-6-14-41(21)2)29(46)44(30(38-26)32(34,35)36)23-11-5-8-19-7-4-10-22(33)25(19)23/h3-5,7-8,10-11,20-21H,1,6,9,12,14-18H2,2H3/t20-,21?/m0/s1. The van der Waals surface area contributed by atoms with E-state index in [1.807, 2.05) is 7.05 Å². The maximum Gasteiger partial charge on any atom is 0.450 e. The number of anilines is 1. The second-order valence-corrected chi connectivity index (χ2v) is 11.9. The minimum Gasteiger partial charge on any atom is -0.462 e. The fourth-order valence-corrected chi connectivity index (χ4v) is 6.57. The first-order valence-corrected chi connectivity index (χ1v) is 15.4. The Labute approximate surface area is 272 Å². The quantitative estimate of drug-likeness (QED) is 0.261. The summed E-state index contributed by atoms with van der Waals surface area (Å²) < 4.78 is 51.0. The van der Waals surface area contributed by atoms with Gasteiger partial charge in [0, 0.05) is 31.1 Å². The fourth-order valence-electron chi connectivity index (χ4n) is 6.29. The molecule has 1 unspecified atom stereocenters. The van der Waals surface area contributed by atoms with Gasteiger partial charge in [-0.15, -0.1) is 0 Å². The molecule has 2 atom stereocenters. The molecule has 0 saturated carbocycles. The number of benzene rings is 2. The molecule has 244 valence electrons. The van der Waals surface area contributed by atoms with Crippen LogP contribution < -0.4 is 15.2 Å². The second kappa shape index (κ2) is 12.8. The molecule has 0 bridgehead atoms. The van der Waals surface area contributed by atoms with Crippen molar-refractivity contribution in [3.8, 4) is 17.8 Å². The maximum atomic E-state index is 14.8. The highest BCUT2D eigenvalue weighted by molar-refractivity contribution is 6.36. The molecule has 4 aromatic rings. The van der Waals surface area contributed by atoms with Gasteiger partial charge in [-0.3, -0.25) is 14.2 Å². The third-order valence-electron chi connectivity index (χ3n) is 8.65. The van der Waals surface area contributed by atoms with E-state index in [1.54, 1.807) is 23.1 Å². The summed E-state index contributed by atoms with van der Waals surface area (Å²) in [5.74, 6) is -1.93. The van der Waals surface area contributed by atoms with Crippen LogP contribution in [0.25, 0.3) is 27.5 Å². The molecule has 15 heteroatoms. The Morgan fingerprint density at radius 2 is 1.89 bits per heavy atom. The smallest absolute Gasteiger partial charge is 0.450 e. The van der Waals surface area contributed by atoms with Gasteiger partial charge < -0.3 is 19.4 Å². The Morgan fingerprint density at radius 1 is 1.13 bits per heavy atom. The Hall–Kier alpha value is -4.74. The first-order chi connectivity index (χ1) is 22.5. The predicted octanol–water partition coefficient (Wildman–Crippen LogP) is 4.59. The van der Waals surface area contributed by atoms with Gasteiger partial charge in [-0.05, 0) is 50.0 Å². The zero-order valence-electron chi connectivity index (χ0n) is 25.4. The van der Waals surface area contributed by atoms with Crippen molar-refractivity contribution >= 4 is 45.1 Å². The van der Waals surface area contributed by atoms with E-state index in [1.165, 1.54) is 23.1 Å². The van der Waals surface area contributed by atoms with E-state index in [2.05, 4.69) is 32.5 Å². The Bertz CT molecular complexity index is 1970. The third kappa shape index (κ3) is 6.08. The molecule has 2 aliphatic heterocycles. The number of alkyl halides is 3. The second-order valence-electron chi connectivity index (χ2n) is 11.5. The van der Waals surface area contributed by atoms with Crippen LogP contribution in [0.3, 0.4) is 0 Å².